The van der Waals surface area contributed by atoms with Crippen LogP contribution >= 0.6 is 11.6 Å². The highest BCUT2D eigenvalue weighted by molar-refractivity contribution is 6.30. The summed E-state index contributed by atoms with van der Waals surface area (Å²) in [5.74, 6) is -0.289. The van der Waals surface area contributed by atoms with E-state index in [-0.39, 0.29) is 17.5 Å². The Labute approximate surface area is 137 Å². The van der Waals surface area contributed by atoms with Crippen molar-refractivity contribution in [2.75, 3.05) is 0 Å². The second-order valence-electron chi connectivity index (χ2n) is 5.04. The van der Waals surface area contributed by atoms with Gasteiger partial charge in [0.1, 0.15) is 5.69 Å². The number of ketones is 1. The molecule has 0 aliphatic carbocycles. The number of urea groups is 1. The van der Waals surface area contributed by atoms with Crippen molar-refractivity contribution < 1.29 is 9.59 Å². The molecule has 2 aromatic rings. The summed E-state index contributed by atoms with van der Waals surface area (Å²) in [5, 5.41) is 5.97. The number of Topliss-reactive ketones (excluding diaryl/α,β-unsaturated/α-hetero) is 1. The van der Waals surface area contributed by atoms with E-state index in [1.54, 1.807) is 31.2 Å². The summed E-state index contributed by atoms with van der Waals surface area (Å²) in [6, 6.07) is 6.04. The van der Waals surface area contributed by atoms with E-state index in [0.29, 0.717) is 16.3 Å². The van der Waals surface area contributed by atoms with Crippen LogP contribution in [0.4, 0.5) is 4.79 Å². The molecule has 1 aromatic carbocycles. The lowest BCUT2D eigenvalue weighted by molar-refractivity contribution is 0.101. The predicted octanol–water partition coefficient (Wildman–Crippen LogP) is 2.64. The first-order valence-electron chi connectivity index (χ1n) is 6.90. The lowest BCUT2D eigenvalue weighted by Gasteiger charge is -2.28. The number of amides is 2. The van der Waals surface area contributed by atoms with Gasteiger partial charge in [-0.25, -0.2) is 9.78 Å². The van der Waals surface area contributed by atoms with Crippen LogP contribution in [0.5, 0.6) is 0 Å². The first-order valence-corrected chi connectivity index (χ1v) is 7.28. The first kappa shape index (κ1) is 15.2. The minimum absolute atomic E-state index is 0.221. The molecule has 1 aliphatic rings. The second-order valence-corrected chi connectivity index (χ2v) is 5.48. The fraction of sp³-hybridized carbons (Fsp3) is 0.125. The maximum atomic E-state index is 12.8. The third-order valence-electron chi connectivity index (χ3n) is 3.51. The zero-order valence-electron chi connectivity index (χ0n) is 12.2. The van der Waals surface area contributed by atoms with E-state index in [1.165, 1.54) is 18.6 Å². The van der Waals surface area contributed by atoms with E-state index in [0.717, 1.165) is 5.56 Å². The third kappa shape index (κ3) is 3.07. The molecule has 2 heterocycles. The number of rotatable bonds is 3. The Morgan fingerprint density at radius 3 is 2.61 bits per heavy atom. The van der Waals surface area contributed by atoms with Gasteiger partial charge in [-0.2, -0.15) is 0 Å². The number of nitrogens with zero attached hydrogens (tertiary/aromatic N) is 2. The van der Waals surface area contributed by atoms with Crippen LogP contribution in [0.15, 0.2) is 54.1 Å². The predicted molar refractivity (Wildman–Crippen MR) is 84.9 cm³/mol. The van der Waals surface area contributed by atoms with Gasteiger partial charge in [-0.1, -0.05) is 23.7 Å². The molecule has 2 N–H and O–H groups in total. The van der Waals surface area contributed by atoms with E-state index < -0.39 is 6.04 Å². The quantitative estimate of drug-likeness (QED) is 0.848. The number of nitrogens with one attached hydrogen (secondary N) is 2. The van der Waals surface area contributed by atoms with Gasteiger partial charge in [0, 0.05) is 28.7 Å². The molecule has 1 atom stereocenters. The number of hydrogen-bond acceptors (Lipinski definition) is 4. The second kappa shape index (κ2) is 6.18. The normalized spacial score (nSPS) is 17.5. The summed E-state index contributed by atoms with van der Waals surface area (Å²) in [6.07, 6.45) is 4.35. The Kier molecular flexibility index (Phi) is 4.08. The van der Waals surface area contributed by atoms with E-state index in [4.69, 9.17) is 11.6 Å². The van der Waals surface area contributed by atoms with Gasteiger partial charge in [0.2, 0.25) is 5.78 Å². The number of benzene rings is 1. The lowest BCUT2D eigenvalue weighted by atomic mass is 9.91. The maximum absolute atomic E-state index is 12.8. The van der Waals surface area contributed by atoms with E-state index in [2.05, 4.69) is 20.6 Å². The number of hydrogen-bond donors (Lipinski definition) is 2. The van der Waals surface area contributed by atoms with Crippen molar-refractivity contribution in [3.63, 3.8) is 0 Å². The number of halogens is 1. The Morgan fingerprint density at radius 1 is 1.22 bits per heavy atom. The Balaban J connectivity index is 2.06. The van der Waals surface area contributed by atoms with Crippen LogP contribution in [-0.2, 0) is 0 Å². The molecule has 3 rings (SSSR count). The molecule has 1 aliphatic heterocycles. The monoisotopic (exact) mass is 328 g/mol. The SMILES string of the molecule is CC1=C(C(=O)c2cnccn2)C(c2ccc(Cl)cc2)NC(=O)N1. The highest BCUT2D eigenvalue weighted by Crippen LogP contribution is 2.29. The van der Waals surface area contributed by atoms with Crippen LogP contribution in [0.25, 0.3) is 0 Å². The molecular weight excluding hydrogens is 316 g/mol. The van der Waals surface area contributed by atoms with Crippen LogP contribution in [0.1, 0.15) is 29.0 Å². The van der Waals surface area contributed by atoms with Crippen molar-refractivity contribution in [3.8, 4) is 0 Å². The number of carbonyl (C=O) groups is 2. The topological polar surface area (TPSA) is 84.0 Å². The van der Waals surface area contributed by atoms with Crippen molar-refractivity contribution in [3.05, 3.63) is 70.4 Å². The zero-order chi connectivity index (χ0) is 16.4. The van der Waals surface area contributed by atoms with E-state index in [9.17, 15) is 9.59 Å². The van der Waals surface area contributed by atoms with Crippen LogP contribution < -0.4 is 10.6 Å². The summed E-state index contributed by atoms with van der Waals surface area (Å²) in [6.45, 7) is 1.69. The molecule has 0 saturated heterocycles. The third-order valence-corrected chi connectivity index (χ3v) is 3.76. The molecule has 0 spiro atoms. The van der Waals surface area contributed by atoms with Gasteiger partial charge in [-0.3, -0.25) is 9.78 Å². The average Bonchev–Trinajstić information content (AvgIpc) is 2.55. The average molecular weight is 329 g/mol. The Morgan fingerprint density at radius 2 is 1.96 bits per heavy atom. The van der Waals surface area contributed by atoms with Gasteiger partial charge in [0.05, 0.1) is 12.2 Å². The Hall–Kier alpha value is -2.73. The molecule has 116 valence electrons. The molecule has 2 amide bonds. The molecule has 0 bridgehead atoms. The molecule has 1 aromatic heterocycles. The molecule has 0 fully saturated rings. The van der Waals surface area contributed by atoms with Gasteiger partial charge in [-0.15, -0.1) is 0 Å². The fourth-order valence-electron chi connectivity index (χ4n) is 2.45. The minimum Gasteiger partial charge on any atom is -0.327 e. The van der Waals surface area contributed by atoms with Crippen molar-refractivity contribution in [1.82, 2.24) is 20.6 Å². The summed E-state index contributed by atoms with van der Waals surface area (Å²) in [7, 11) is 0. The van der Waals surface area contributed by atoms with Gasteiger partial charge >= 0.3 is 6.03 Å². The van der Waals surface area contributed by atoms with Gasteiger partial charge in [0.25, 0.3) is 0 Å². The number of carbonyl (C=O) groups excluding carboxylic acids is 2. The lowest BCUT2D eigenvalue weighted by Crippen LogP contribution is -2.45. The van der Waals surface area contributed by atoms with Crippen LogP contribution in [0.2, 0.25) is 5.02 Å². The molecule has 1 unspecified atom stereocenters. The standard InChI is InChI=1S/C16H13ClN4O2/c1-9-13(15(22)12-8-18-6-7-19-12)14(21-16(23)20-9)10-2-4-11(17)5-3-10/h2-8,14H,1H3,(H2,20,21,23). The number of aromatic nitrogens is 2. The van der Waals surface area contributed by atoms with Crippen molar-refractivity contribution >= 4 is 23.4 Å². The van der Waals surface area contributed by atoms with Gasteiger partial charge < -0.3 is 10.6 Å². The van der Waals surface area contributed by atoms with Crippen LogP contribution in [0, 0.1) is 0 Å². The summed E-state index contributed by atoms with van der Waals surface area (Å²) in [5.41, 5.74) is 1.89. The van der Waals surface area contributed by atoms with E-state index in [1.807, 2.05) is 0 Å². The largest absolute Gasteiger partial charge is 0.327 e. The van der Waals surface area contributed by atoms with Gasteiger partial charge in [0.15, 0.2) is 0 Å². The van der Waals surface area contributed by atoms with Crippen LogP contribution in [0.3, 0.4) is 0 Å². The smallest absolute Gasteiger partial charge is 0.319 e. The molecule has 6 nitrogen and oxygen atoms in total. The molecule has 0 saturated carbocycles. The van der Waals surface area contributed by atoms with Crippen LogP contribution in [-0.4, -0.2) is 21.8 Å². The summed E-state index contributed by atoms with van der Waals surface area (Å²) < 4.78 is 0. The van der Waals surface area contributed by atoms with E-state index >= 15 is 0 Å². The van der Waals surface area contributed by atoms with Crippen molar-refractivity contribution in [2.24, 2.45) is 0 Å². The molecule has 7 heteroatoms. The fourth-order valence-corrected chi connectivity index (χ4v) is 2.58. The number of allylic oxidation sites excluding steroid dienone is 1. The minimum atomic E-state index is -0.574. The molecular formula is C16H13ClN4O2. The zero-order valence-corrected chi connectivity index (χ0v) is 13.0. The van der Waals surface area contributed by atoms with Gasteiger partial charge in [-0.05, 0) is 24.6 Å². The summed E-state index contributed by atoms with van der Waals surface area (Å²) in [4.78, 5) is 32.6. The van der Waals surface area contributed by atoms with Crippen molar-refractivity contribution in [1.29, 1.82) is 0 Å². The Bertz CT molecular complexity index is 787. The molecule has 23 heavy (non-hydrogen) atoms. The van der Waals surface area contributed by atoms with Crippen molar-refractivity contribution in [2.45, 2.75) is 13.0 Å². The highest BCUT2D eigenvalue weighted by Gasteiger charge is 2.32. The molecule has 0 radical (unpaired) electrons. The first-order chi connectivity index (χ1) is 11.1. The summed E-state index contributed by atoms with van der Waals surface area (Å²) >= 11 is 5.91. The maximum Gasteiger partial charge on any atom is 0.319 e. The highest BCUT2D eigenvalue weighted by atomic mass is 35.5.